The van der Waals surface area contributed by atoms with Gasteiger partial charge < -0.3 is 20.7 Å². The molecule has 1 aromatic heterocycles. The third-order valence-electron chi connectivity index (χ3n) is 4.19. The number of aryl methyl sites for hydroxylation is 1. The number of rotatable bonds is 7. The van der Waals surface area contributed by atoms with Crippen LogP contribution in [0.5, 0.6) is 5.75 Å². The van der Waals surface area contributed by atoms with Crippen LogP contribution in [0.2, 0.25) is 0 Å². The molecule has 3 N–H and O–H groups in total. The normalized spacial score (nSPS) is 14.1. The van der Waals surface area contributed by atoms with Crippen LogP contribution < -0.4 is 20.7 Å². The van der Waals surface area contributed by atoms with Crippen molar-refractivity contribution in [3.05, 3.63) is 39.8 Å². The molecule has 7 nitrogen and oxygen atoms in total. The van der Waals surface area contributed by atoms with Crippen molar-refractivity contribution in [1.82, 2.24) is 15.6 Å². The van der Waals surface area contributed by atoms with E-state index in [2.05, 4.69) is 25.9 Å². The molecular formula is C19H22F3N5O2S. The largest absolute Gasteiger partial charge is 0.492 e. The Kier molecular flexibility index (Phi) is 7.14. The Morgan fingerprint density at radius 1 is 1.33 bits per heavy atom. The predicted octanol–water partition coefficient (Wildman–Crippen LogP) is 3.18. The Bertz CT molecular complexity index is 914. The van der Waals surface area contributed by atoms with Gasteiger partial charge in [-0.15, -0.1) is 11.3 Å². The van der Waals surface area contributed by atoms with Crippen LogP contribution in [0, 0.1) is 0 Å². The van der Waals surface area contributed by atoms with E-state index in [9.17, 15) is 18.0 Å². The summed E-state index contributed by atoms with van der Waals surface area (Å²) >= 11 is 0.929. The number of hydrogen-bond donors (Lipinski definition) is 3. The summed E-state index contributed by atoms with van der Waals surface area (Å²) in [5.74, 6) is 1.19. The van der Waals surface area contributed by atoms with E-state index in [1.54, 1.807) is 6.07 Å². The first-order valence-corrected chi connectivity index (χ1v) is 10.3. The second-order valence-corrected chi connectivity index (χ2v) is 7.40. The van der Waals surface area contributed by atoms with E-state index in [0.29, 0.717) is 44.2 Å². The van der Waals surface area contributed by atoms with Crippen LogP contribution in [0.15, 0.2) is 28.6 Å². The summed E-state index contributed by atoms with van der Waals surface area (Å²) in [4.78, 5) is 19.2. The quantitative estimate of drug-likeness (QED) is 0.349. The highest BCUT2D eigenvalue weighted by molar-refractivity contribution is 7.09. The maximum absolute atomic E-state index is 12.6. The molecule has 162 valence electrons. The zero-order valence-corrected chi connectivity index (χ0v) is 17.1. The van der Waals surface area contributed by atoms with Crippen LogP contribution in [0.25, 0.3) is 0 Å². The van der Waals surface area contributed by atoms with E-state index >= 15 is 0 Å². The third-order valence-corrected chi connectivity index (χ3v) is 5.03. The number of anilines is 1. The molecule has 1 aliphatic heterocycles. The van der Waals surface area contributed by atoms with Crippen molar-refractivity contribution in [2.75, 3.05) is 25.0 Å². The number of aliphatic imine (C=N–C) groups is 1. The minimum absolute atomic E-state index is 0.0167. The summed E-state index contributed by atoms with van der Waals surface area (Å²) < 4.78 is 43.6. The summed E-state index contributed by atoms with van der Waals surface area (Å²) in [5, 5.41) is 10.2. The van der Waals surface area contributed by atoms with Crippen molar-refractivity contribution in [1.29, 1.82) is 0 Å². The molecule has 0 aliphatic carbocycles. The number of aromatic nitrogens is 1. The summed E-state index contributed by atoms with van der Waals surface area (Å²) in [6.07, 6.45) is -3.30. The van der Waals surface area contributed by atoms with Crippen molar-refractivity contribution in [3.63, 3.8) is 0 Å². The van der Waals surface area contributed by atoms with Gasteiger partial charge in [0, 0.05) is 24.0 Å². The molecule has 11 heteroatoms. The fraction of sp³-hybridized carbons (Fsp3) is 0.421. The van der Waals surface area contributed by atoms with Gasteiger partial charge in [-0.05, 0) is 37.1 Å². The lowest BCUT2D eigenvalue weighted by Crippen LogP contribution is -2.39. The molecule has 0 bridgehead atoms. The van der Waals surface area contributed by atoms with Crippen LogP contribution in [0.3, 0.4) is 0 Å². The number of ether oxygens (including phenoxy) is 1. The first kappa shape index (κ1) is 21.9. The average molecular weight is 441 g/mol. The van der Waals surface area contributed by atoms with Gasteiger partial charge in [-0.2, -0.15) is 13.2 Å². The highest BCUT2D eigenvalue weighted by Crippen LogP contribution is 2.30. The zero-order valence-electron chi connectivity index (χ0n) is 16.3. The van der Waals surface area contributed by atoms with Crippen LogP contribution >= 0.6 is 11.3 Å². The number of alkyl halides is 3. The van der Waals surface area contributed by atoms with Gasteiger partial charge in [0.1, 0.15) is 17.4 Å². The number of fused-ring (bicyclic) bond motifs is 1. The van der Waals surface area contributed by atoms with Crippen molar-refractivity contribution >= 4 is 28.9 Å². The van der Waals surface area contributed by atoms with E-state index in [1.165, 1.54) is 0 Å². The number of nitrogens with zero attached hydrogens (tertiary/aromatic N) is 2. The predicted molar refractivity (Wildman–Crippen MR) is 109 cm³/mol. The Hall–Kier alpha value is -2.82. The second-order valence-electron chi connectivity index (χ2n) is 6.46. The van der Waals surface area contributed by atoms with Gasteiger partial charge >= 0.3 is 6.18 Å². The monoisotopic (exact) mass is 441 g/mol. The number of nitrogens with one attached hydrogen (secondary N) is 3. The van der Waals surface area contributed by atoms with Gasteiger partial charge in [-0.3, -0.25) is 4.79 Å². The van der Waals surface area contributed by atoms with E-state index in [4.69, 9.17) is 4.74 Å². The molecule has 1 aromatic carbocycles. The standard InChI is InChI=1S/C19H22F3N5O2S/c1-2-23-18(25-10-17-27-15(11-30-17)19(20,21)22)24-7-8-29-13-4-5-14-12(9-13)3-6-16(28)26-14/h4-5,9,11H,2-3,6-8,10H2,1H3,(H,26,28)(H2,23,24,25). The third kappa shape index (κ3) is 6.09. The molecule has 0 saturated carbocycles. The number of benzene rings is 1. The number of amides is 1. The minimum Gasteiger partial charge on any atom is -0.492 e. The number of carbonyl (C=O) groups excluding carboxylic acids is 1. The van der Waals surface area contributed by atoms with Gasteiger partial charge in [0.25, 0.3) is 0 Å². The highest BCUT2D eigenvalue weighted by atomic mass is 32.1. The summed E-state index contributed by atoms with van der Waals surface area (Å²) in [6, 6.07) is 5.53. The minimum atomic E-state index is -4.44. The van der Waals surface area contributed by atoms with Gasteiger partial charge in [0.05, 0.1) is 13.1 Å². The fourth-order valence-electron chi connectivity index (χ4n) is 2.79. The first-order chi connectivity index (χ1) is 14.3. The molecule has 0 spiro atoms. The van der Waals surface area contributed by atoms with Gasteiger partial charge in [-0.1, -0.05) is 0 Å². The van der Waals surface area contributed by atoms with Crippen molar-refractivity contribution in [3.8, 4) is 5.75 Å². The van der Waals surface area contributed by atoms with Crippen LogP contribution in [-0.4, -0.2) is 36.5 Å². The molecule has 0 radical (unpaired) electrons. The van der Waals surface area contributed by atoms with Crippen LogP contribution in [-0.2, 0) is 23.9 Å². The maximum atomic E-state index is 12.6. The van der Waals surface area contributed by atoms with Crippen LogP contribution in [0.1, 0.15) is 29.6 Å². The number of thiazole rings is 1. The number of guanidine groups is 1. The second kappa shape index (κ2) is 9.79. The Labute approximate surface area is 175 Å². The molecule has 0 fully saturated rings. The lowest BCUT2D eigenvalue weighted by Gasteiger charge is -2.18. The van der Waals surface area contributed by atoms with E-state index in [-0.39, 0.29) is 17.5 Å². The van der Waals surface area contributed by atoms with Crippen LogP contribution in [0.4, 0.5) is 18.9 Å². The summed E-state index contributed by atoms with van der Waals surface area (Å²) in [6.45, 7) is 3.36. The lowest BCUT2D eigenvalue weighted by molar-refractivity contribution is -0.140. The summed E-state index contributed by atoms with van der Waals surface area (Å²) in [7, 11) is 0. The highest BCUT2D eigenvalue weighted by Gasteiger charge is 2.33. The molecule has 0 atom stereocenters. The molecule has 1 aliphatic rings. The first-order valence-electron chi connectivity index (χ1n) is 9.44. The number of halogens is 3. The molecule has 0 saturated heterocycles. The average Bonchev–Trinajstić information content (AvgIpc) is 3.19. The molecule has 0 unspecified atom stereocenters. The van der Waals surface area contributed by atoms with Gasteiger partial charge in [0.15, 0.2) is 11.7 Å². The number of carbonyl (C=O) groups is 1. The topological polar surface area (TPSA) is 87.6 Å². The molecule has 2 aromatic rings. The lowest BCUT2D eigenvalue weighted by atomic mass is 10.0. The van der Waals surface area contributed by atoms with E-state index in [0.717, 1.165) is 28.0 Å². The smallest absolute Gasteiger partial charge is 0.434 e. The number of hydrogen-bond acceptors (Lipinski definition) is 5. The molecular weight excluding hydrogens is 419 g/mol. The maximum Gasteiger partial charge on any atom is 0.434 e. The molecule has 2 heterocycles. The molecule has 3 rings (SSSR count). The van der Waals surface area contributed by atoms with Crippen molar-refractivity contribution < 1.29 is 22.7 Å². The Morgan fingerprint density at radius 2 is 2.17 bits per heavy atom. The molecule has 30 heavy (non-hydrogen) atoms. The van der Waals surface area contributed by atoms with E-state index in [1.807, 2.05) is 19.1 Å². The Balaban J connectivity index is 1.48. The van der Waals surface area contributed by atoms with Gasteiger partial charge in [0.2, 0.25) is 5.91 Å². The van der Waals surface area contributed by atoms with Gasteiger partial charge in [-0.25, -0.2) is 9.98 Å². The zero-order chi connectivity index (χ0) is 21.6. The van der Waals surface area contributed by atoms with Crippen molar-refractivity contribution in [2.45, 2.75) is 32.5 Å². The Morgan fingerprint density at radius 3 is 2.90 bits per heavy atom. The summed E-state index contributed by atoms with van der Waals surface area (Å²) in [5.41, 5.74) is 0.958. The fourth-order valence-corrected chi connectivity index (χ4v) is 3.51. The molecule has 1 amide bonds. The van der Waals surface area contributed by atoms with Crippen molar-refractivity contribution in [2.24, 2.45) is 4.99 Å². The van der Waals surface area contributed by atoms with E-state index < -0.39 is 11.9 Å². The SMILES string of the molecule is CCNC(=NCc1nc(C(F)(F)F)cs1)NCCOc1ccc2c(c1)CCC(=O)N2.